The van der Waals surface area contributed by atoms with Gasteiger partial charge in [0, 0.05) is 35.2 Å². The van der Waals surface area contributed by atoms with Gasteiger partial charge < -0.3 is 24.4 Å². The molecule has 6 atom stereocenters. The van der Waals surface area contributed by atoms with E-state index in [4.69, 9.17) is 14.2 Å². The van der Waals surface area contributed by atoms with Crippen molar-refractivity contribution in [1.82, 2.24) is 20.6 Å². The number of hydrogen-bond donors (Lipinski definition) is 3. The maximum atomic E-state index is 15.4. The minimum Gasteiger partial charge on any atom is -0.385 e. The zero-order valence-corrected chi connectivity index (χ0v) is 28.4. The van der Waals surface area contributed by atoms with Crippen LogP contribution in [0.4, 0.5) is 22.0 Å². The number of H-pyrrole nitrogens is 1. The van der Waals surface area contributed by atoms with Crippen LogP contribution in [0, 0.1) is 34.5 Å². The molecule has 1 saturated heterocycles. The number of aromatic amines is 1. The Bertz CT molecular complexity index is 1680. The molecule has 5 aliphatic rings. The van der Waals surface area contributed by atoms with Crippen molar-refractivity contribution in [1.29, 1.82) is 0 Å². The largest absolute Gasteiger partial charge is 0.456 e. The minimum atomic E-state index is -5.91. The number of alkyl halides is 5. The summed E-state index contributed by atoms with van der Waals surface area (Å²) in [6, 6.07) is 7.18. The van der Waals surface area contributed by atoms with Crippen molar-refractivity contribution >= 4 is 0 Å². The highest BCUT2D eigenvalue weighted by Crippen LogP contribution is 2.71. The summed E-state index contributed by atoms with van der Waals surface area (Å²) in [5, 5.41) is 37.2. The first-order chi connectivity index (χ1) is 23.4. The summed E-state index contributed by atoms with van der Waals surface area (Å²) in [7, 11) is 0. The number of allylic oxidation sites excluding steroid dienone is 1. The van der Waals surface area contributed by atoms with Gasteiger partial charge in [-0.1, -0.05) is 50.3 Å². The molecule has 7 rings (SSSR count). The maximum absolute atomic E-state index is 15.4. The molecule has 0 amide bonds. The van der Waals surface area contributed by atoms with Crippen molar-refractivity contribution in [3.8, 4) is 11.8 Å². The number of hydrogen-bond acceptors (Lipinski definition) is 8. The number of tetrazole rings is 1. The predicted molar refractivity (Wildman–Crippen MR) is 168 cm³/mol. The average Bonchev–Trinajstić information content (AvgIpc) is 3.68. The molecule has 1 aromatic carbocycles. The Morgan fingerprint density at radius 3 is 2.38 bits per heavy atom. The van der Waals surface area contributed by atoms with E-state index in [1.807, 2.05) is 26.0 Å². The number of nitrogens with one attached hydrogen (secondary N) is 1. The SMILES string of the molecule is CC1(C)COC2(CCC3=C4C(CCC3(O)C2)C2CC[C@@](O)(C(F)(F)C(F)(F)F)[C@@]2(C)C[C@@H]4c2ccc(C#CCOCc3nnn[nH]3)cc2)OC1. The standard InChI is InChI=1S/C36H43F5N4O5/c1-30(2)20-49-33(50-21-30)14-11-27-29-24(10-13-32(27,46)19-33)26-12-15-34(47,35(37,38)36(39,40)41)31(26,3)17-25(29)23-8-6-22(7-9-23)5-4-16-48-18-28-42-44-45-43-28/h6-9,24-26,46-47H,10-21H2,1-3H3,(H,42,43,44,45)/t24?,25-,26?,31+,32?,34+/m1/s1. The van der Waals surface area contributed by atoms with Crippen LogP contribution in [0.5, 0.6) is 0 Å². The summed E-state index contributed by atoms with van der Waals surface area (Å²) in [6.45, 7) is 6.74. The highest BCUT2D eigenvalue weighted by Gasteiger charge is 2.79. The average molecular weight is 707 g/mol. The van der Waals surface area contributed by atoms with E-state index in [-0.39, 0.29) is 43.8 Å². The van der Waals surface area contributed by atoms with Gasteiger partial charge in [0.2, 0.25) is 0 Å². The van der Waals surface area contributed by atoms with Crippen molar-refractivity contribution in [2.24, 2.45) is 22.7 Å². The van der Waals surface area contributed by atoms with E-state index < -0.39 is 52.8 Å². The van der Waals surface area contributed by atoms with Gasteiger partial charge in [-0.3, -0.25) is 0 Å². The van der Waals surface area contributed by atoms with Gasteiger partial charge in [0.05, 0.1) is 18.8 Å². The Morgan fingerprint density at radius 1 is 1.00 bits per heavy atom. The van der Waals surface area contributed by atoms with Crippen LogP contribution in [0.2, 0.25) is 0 Å². The van der Waals surface area contributed by atoms with E-state index in [1.54, 1.807) is 12.1 Å². The Labute approximate surface area is 287 Å². The van der Waals surface area contributed by atoms with Crippen molar-refractivity contribution in [2.75, 3.05) is 19.8 Å². The Hall–Kier alpha value is -2.96. The first kappa shape index (κ1) is 35.4. The fourth-order valence-corrected chi connectivity index (χ4v) is 9.68. The van der Waals surface area contributed by atoms with Crippen molar-refractivity contribution in [3.63, 3.8) is 0 Å². The van der Waals surface area contributed by atoms with E-state index in [0.717, 1.165) is 11.1 Å². The van der Waals surface area contributed by atoms with Crippen LogP contribution in [0.1, 0.15) is 95.0 Å². The van der Waals surface area contributed by atoms with Gasteiger partial charge in [-0.05, 0) is 84.1 Å². The van der Waals surface area contributed by atoms with Crippen LogP contribution < -0.4 is 0 Å². The molecule has 2 aromatic rings. The van der Waals surface area contributed by atoms with Gasteiger partial charge in [0.1, 0.15) is 18.8 Å². The highest BCUT2D eigenvalue weighted by atomic mass is 19.4. The molecule has 14 heteroatoms. The lowest BCUT2D eigenvalue weighted by Gasteiger charge is -2.59. The van der Waals surface area contributed by atoms with E-state index in [2.05, 4.69) is 32.5 Å². The van der Waals surface area contributed by atoms with Crippen molar-refractivity contribution < 1.29 is 46.4 Å². The Balaban J connectivity index is 1.23. The first-order valence-corrected chi connectivity index (χ1v) is 17.2. The molecular weight excluding hydrogens is 663 g/mol. The van der Waals surface area contributed by atoms with Gasteiger partial charge in [0.15, 0.2) is 11.6 Å². The second-order valence-electron chi connectivity index (χ2n) is 16.0. The van der Waals surface area contributed by atoms with Crippen LogP contribution in [0.3, 0.4) is 0 Å². The minimum absolute atomic E-state index is 0.0278. The summed E-state index contributed by atoms with van der Waals surface area (Å²) in [6.07, 6.45) is -4.85. The zero-order chi connectivity index (χ0) is 35.8. The van der Waals surface area contributed by atoms with Crippen LogP contribution in [-0.4, -0.2) is 79.7 Å². The quantitative estimate of drug-likeness (QED) is 0.150. The molecule has 0 radical (unpaired) electrons. The monoisotopic (exact) mass is 706 g/mol. The number of nitrogens with zero attached hydrogens (tertiary/aromatic N) is 3. The molecule has 4 fully saturated rings. The third-order valence-electron chi connectivity index (χ3n) is 12.2. The van der Waals surface area contributed by atoms with E-state index in [1.165, 1.54) is 6.92 Å². The maximum Gasteiger partial charge on any atom is 0.456 e. The summed E-state index contributed by atoms with van der Waals surface area (Å²) < 4.78 is 90.7. The van der Waals surface area contributed by atoms with Gasteiger partial charge in [-0.15, -0.1) is 5.10 Å². The van der Waals surface area contributed by atoms with Gasteiger partial charge in [-0.25, -0.2) is 5.10 Å². The second kappa shape index (κ2) is 12.0. The van der Waals surface area contributed by atoms with Gasteiger partial charge in [-0.2, -0.15) is 22.0 Å². The molecule has 0 bridgehead atoms. The molecular formula is C36H43F5N4O5. The second-order valence-corrected chi connectivity index (χ2v) is 16.0. The predicted octanol–water partition coefficient (Wildman–Crippen LogP) is 5.99. The van der Waals surface area contributed by atoms with Crippen LogP contribution in [-0.2, 0) is 20.8 Å². The fraction of sp³-hybridized carbons (Fsp3) is 0.694. The van der Waals surface area contributed by atoms with Crippen molar-refractivity contribution in [3.05, 3.63) is 52.4 Å². The van der Waals surface area contributed by atoms with E-state index in [0.29, 0.717) is 55.8 Å². The van der Waals surface area contributed by atoms with E-state index in [9.17, 15) is 23.4 Å². The number of benzene rings is 1. The Kier molecular flexibility index (Phi) is 8.54. The molecule has 3 unspecified atom stereocenters. The number of rotatable bonds is 5. The molecule has 272 valence electrons. The van der Waals surface area contributed by atoms with Gasteiger partial charge >= 0.3 is 12.1 Å². The smallest absolute Gasteiger partial charge is 0.385 e. The normalized spacial score (nSPS) is 34.8. The lowest BCUT2D eigenvalue weighted by atomic mass is 9.49. The zero-order valence-electron chi connectivity index (χ0n) is 28.4. The molecule has 1 aliphatic heterocycles. The number of halogens is 5. The number of fused-ring (bicyclic) bond motifs is 4. The molecule has 50 heavy (non-hydrogen) atoms. The molecule has 9 nitrogen and oxygen atoms in total. The third kappa shape index (κ3) is 5.68. The molecule has 3 saturated carbocycles. The summed E-state index contributed by atoms with van der Waals surface area (Å²) in [5.41, 5.74) is -3.42. The lowest BCUT2D eigenvalue weighted by molar-refractivity contribution is -0.362. The lowest BCUT2D eigenvalue weighted by Crippen LogP contribution is -2.65. The highest BCUT2D eigenvalue weighted by molar-refractivity contribution is 5.46. The van der Waals surface area contributed by atoms with Crippen LogP contribution in [0.15, 0.2) is 35.4 Å². The summed E-state index contributed by atoms with van der Waals surface area (Å²) >= 11 is 0. The van der Waals surface area contributed by atoms with Crippen molar-refractivity contribution in [2.45, 2.75) is 114 Å². The van der Waals surface area contributed by atoms with E-state index >= 15 is 8.78 Å². The van der Waals surface area contributed by atoms with Crippen LogP contribution in [0.25, 0.3) is 0 Å². The van der Waals surface area contributed by atoms with Gasteiger partial charge in [0.25, 0.3) is 0 Å². The molecule has 4 aliphatic carbocycles. The first-order valence-electron chi connectivity index (χ1n) is 17.2. The number of aromatic nitrogens is 4. The molecule has 3 N–H and O–H groups in total. The number of ether oxygens (including phenoxy) is 3. The topological polar surface area (TPSA) is 123 Å². The molecule has 1 aromatic heterocycles. The Morgan fingerprint density at radius 2 is 1.72 bits per heavy atom. The summed E-state index contributed by atoms with van der Waals surface area (Å²) in [5.74, 6) is -1.48. The summed E-state index contributed by atoms with van der Waals surface area (Å²) in [4.78, 5) is 0. The third-order valence-corrected chi connectivity index (χ3v) is 12.2. The fourth-order valence-electron chi connectivity index (χ4n) is 9.68. The molecule has 2 heterocycles. The number of aliphatic hydroxyl groups is 2. The van der Waals surface area contributed by atoms with Crippen LogP contribution >= 0.6 is 0 Å². The molecule has 1 spiro atoms.